The van der Waals surface area contributed by atoms with Gasteiger partial charge in [-0.25, -0.2) is 13.8 Å². The Morgan fingerprint density at radius 2 is 2.21 bits per heavy atom. The van der Waals surface area contributed by atoms with Crippen LogP contribution in [0.2, 0.25) is 0 Å². The molecule has 8 heteroatoms. The van der Waals surface area contributed by atoms with Crippen LogP contribution >= 0.6 is 0 Å². The van der Waals surface area contributed by atoms with Crippen molar-refractivity contribution < 1.29 is 18.3 Å². The van der Waals surface area contributed by atoms with Gasteiger partial charge in [0, 0.05) is 25.7 Å². The lowest BCUT2D eigenvalue weighted by Gasteiger charge is -2.33. The molecule has 1 N–H and O–H groups in total. The minimum atomic E-state index is -0.924. The molecule has 0 bridgehead atoms. The van der Waals surface area contributed by atoms with Gasteiger partial charge in [-0.2, -0.15) is 5.26 Å². The fourth-order valence-electron chi connectivity index (χ4n) is 3.40. The molecule has 152 valence electrons. The van der Waals surface area contributed by atoms with Gasteiger partial charge < -0.3 is 15.0 Å². The molecule has 1 amide bonds. The molecule has 0 unspecified atom stereocenters. The Labute approximate surface area is 168 Å². The zero-order chi connectivity index (χ0) is 21.0. The summed E-state index contributed by atoms with van der Waals surface area (Å²) in [6.07, 6.45) is 1.12. The second-order valence-electron chi connectivity index (χ2n) is 7.05. The molecule has 29 heavy (non-hydrogen) atoms. The summed E-state index contributed by atoms with van der Waals surface area (Å²) in [5.74, 6) is -1.38. The number of morpholine rings is 1. The van der Waals surface area contributed by atoms with Crippen molar-refractivity contribution in [1.29, 1.82) is 5.26 Å². The van der Waals surface area contributed by atoms with Crippen molar-refractivity contribution in [3.63, 3.8) is 0 Å². The number of carbonyl (C=O) groups excluding carboxylic acids is 1. The third-order valence-electron chi connectivity index (χ3n) is 4.89. The maximum Gasteiger partial charge on any atom is 0.219 e. The first-order valence-corrected chi connectivity index (χ1v) is 9.35. The Morgan fingerprint density at radius 1 is 1.41 bits per heavy atom. The number of rotatable bonds is 5. The molecule has 1 fully saturated rings. The number of amides is 1. The number of anilines is 1. The van der Waals surface area contributed by atoms with Crippen LogP contribution < -0.4 is 5.32 Å². The van der Waals surface area contributed by atoms with Crippen molar-refractivity contribution in [2.45, 2.75) is 32.4 Å². The SMILES string of the molecule is CC(=O)N1CCO[C@@H](c2ccc(F)c(F)c2C[C@H](C)Nc2ccc(C#N)cn2)C1. The average Bonchev–Trinajstić information content (AvgIpc) is 2.72. The van der Waals surface area contributed by atoms with Gasteiger partial charge >= 0.3 is 0 Å². The van der Waals surface area contributed by atoms with Gasteiger partial charge in [0.05, 0.1) is 18.7 Å². The fraction of sp³-hybridized carbons (Fsp3) is 0.381. The molecule has 3 rings (SSSR count). The molecule has 2 atom stereocenters. The lowest BCUT2D eigenvalue weighted by atomic mass is 9.95. The van der Waals surface area contributed by atoms with E-state index in [-0.39, 0.29) is 23.9 Å². The molecule has 1 aliphatic heterocycles. The minimum absolute atomic E-state index is 0.0793. The number of hydrogen-bond acceptors (Lipinski definition) is 5. The number of nitrogens with zero attached hydrogens (tertiary/aromatic N) is 3. The van der Waals surface area contributed by atoms with Crippen molar-refractivity contribution >= 4 is 11.7 Å². The maximum absolute atomic E-state index is 14.7. The van der Waals surface area contributed by atoms with E-state index in [1.165, 1.54) is 19.2 Å². The van der Waals surface area contributed by atoms with Gasteiger partial charge in [-0.3, -0.25) is 4.79 Å². The Hall–Kier alpha value is -3.05. The number of hydrogen-bond donors (Lipinski definition) is 1. The topological polar surface area (TPSA) is 78.2 Å². The van der Waals surface area contributed by atoms with Gasteiger partial charge in [0.2, 0.25) is 5.91 Å². The first-order valence-electron chi connectivity index (χ1n) is 9.35. The maximum atomic E-state index is 14.7. The molecule has 0 spiro atoms. The number of pyridine rings is 1. The molecular formula is C21H22F2N4O2. The van der Waals surface area contributed by atoms with E-state index >= 15 is 0 Å². The van der Waals surface area contributed by atoms with Crippen LogP contribution in [0.25, 0.3) is 0 Å². The largest absolute Gasteiger partial charge is 0.370 e. The Kier molecular flexibility index (Phi) is 6.39. The van der Waals surface area contributed by atoms with Crippen molar-refractivity contribution in [2.75, 3.05) is 25.0 Å². The summed E-state index contributed by atoms with van der Waals surface area (Å²) >= 11 is 0. The third-order valence-corrected chi connectivity index (χ3v) is 4.89. The third kappa shape index (κ3) is 4.87. The van der Waals surface area contributed by atoms with Crippen molar-refractivity contribution in [3.05, 3.63) is 58.8 Å². The van der Waals surface area contributed by atoms with Gasteiger partial charge in [-0.05, 0) is 42.7 Å². The van der Waals surface area contributed by atoms with Crippen LogP contribution in [-0.2, 0) is 16.0 Å². The number of ether oxygens (including phenoxy) is 1. The van der Waals surface area contributed by atoms with Crippen LogP contribution in [0.1, 0.15) is 36.6 Å². The Bertz CT molecular complexity index is 928. The number of halogens is 2. The molecule has 1 aromatic carbocycles. The van der Waals surface area contributed by atoms with E-state index in [1.54, 1.807) is 17.0 Å². The van der Waals surface area contributed by atoms with Crippen LogP contribution in [0.15, 0.2) is 30.5 Å². The molecule has 1 aliphatic rings. The molecular weight excluding hydrogens is 378 g/mol. The van der Waals surface area contributed by atoms with E-state index in [9.17, 15) is 13.6 Å². The highest BCUT2D eigenvalue weighted by Gasteiger charge is 2.28. The molecule has 1 saturated heterocycles. The summed E-state index contributed by atoms with van der Waals surface area (Å²) in [6.45, 7) is 4.42. The second kappa shape index (κ2) is 8.97. The highest BCUT2D eigenvalue weighted by Crippen LogP contribution is 2.29. The lowest BCUT2D eigenvalue weighted by Crippen LogP contribution is -2.41. The van der Waals surface area contributed by atoms with E-state index in [0.717, 1.165) is 6.07 Å². The molecule has 0 aliphatic carbocycles. The highest BCUT2D eigenvalue weighted by molar-refractivity contribution is 5.73. The van der Waals surface area contributed by atoms with Crippen LogP contribution in [0.4, 0.5) is 14.6 Å². The molecule has 2 aromatic rings. The molecule has 0 saturated carbocycles. The molecule has 2 heterocycles. The predicted molar refractivity (Wildman–Crippen MR) is 103 cm³/mol. The monoisotopic (exact) mass is 400 g/mol. The number of benzene rings is 1. The van der Waals surface area contributed by atoms with Gasteiger partial charge in [0.1, 0.15) is 18.0 Å². The van der Waals surface area contributed by atoms with Gasteiger partial charge in [-0.15, -0.1) is 0 Å². The summed E-state index contributed by atoms with van der Waals surface area (Å²) < 4.78 is 34.4. The second-order valence-corrected chi connectivity index (χ2v) is 7.05. The molecule has 6 nitrogen and oxygen atoms in total. The minimum Gasteiger partial charge on any atom is -0.370 e. The summed E-state index contributed by atoms with van der Waals surface area (Å²) in [7, 11) is 0. The lowest BCUT2D eigenvalue weighted by molar-refractivity contribution is -0.136. The number of aromatic nitrogens is 1. The molecule has 1 aromatic heterocycles. The van der Waals surface area contributed by atoms with Gasteiger partial charge in [0.15, 0.2) is 11.6 Å². The predicted octanol–water partition coefficient (Wildman–Crippen LogP) is 3.19. The van der Waals surface area contributed by atoms with E-state index in [2.05, 4.69) is 10.3 Å². The normalized spacial score (nSPS) is 17.5. The van der Waals surface area contributed by atoms with Crippen LogP contribution in [0.3, 0.4) is 0 Å². The summed E-state index contributed by atoms with van der Waals surface area (Å²) in [5.41, 5.74) is 1.19. The highest BCUT2D eigenvalue weighted by atomic mass is 19.2. The van der Waals surface area contributed by atoms with E-state index in [4.69, 9.17) is 10.00 Å². The fourth-order valence-corrected chi connectivity index (χ4v) is 3.40. The first-order chi connectivity index (χ1) is 13.9. The number of nitrogens with one attached hydrogen (secondary N) is 1. The standard InChI is InChI=1S/C21H22F2N4O2/c1-13(26-20-6-3-15(10-24)11-25-20)9-17-16(4-5-18(22)21(17)23)19-12-27(14(2)28)7-8-29-19/h3-6,11,13,19H,7-9,12H2,1-2H3,(H,25,26)/t13-,19+/m0/s1. The molecule has 0 radical (unpaired) electrons. The summed E-state index contributed by atoms with van der Waals surface area (Å²) in [5, 5.41) is 12.0. The van der Waals surface area contributed by atoms with Crippen molar-refractivity contribution in [1.82, 2.24) is 9.88 Å². The smallest absolute Gasteiger partial charge is 0.219 e. The van der Waals surface area contributed by atoms with Crippen molar-refractivity contribution in [2.24, 2.45) is 0 Å². The van der Waals surface area contributed by atoms with Crippen molar-refractivity contribution in [3.8, 4) is 6.07 Å². The zero-order valence-corrected chi connectivity index (χ0v) is 16.3. The zero-order valence-electron chi connectivity index (χ0n) is 16.3. The van der Waals surface area contributed by atoms with Crippen LogP contribution in [0, 0.1) is 23.0 Å². The van der Waals surface area contributed by atoms with Crippen LogP contribution in [-0.4, -0.2) is 41.5 Å². The average molecular weight is 400 g/mol. The van der Waals surface area contributed by atoms with E-state index < -0.39 is 17.7 Å². The van der Waals surface area contributed by atoms with Gasteiger partial charge in [-0.1, -0.05) is 6.07 Å². The summed E-state index contributed by atoms with van der Waals surface area (Å²) in [6, 6.07) is 7.62. The Morgan fingerprint density at radius 3 is 2.86 bits per heavy atom. The number of carbonyl (C=O) groups is 1. The van der Waals surface area contributed by atoms with Crippen LogP contribution in [0.5, 0.6) is 0 Å². The first kappa shape index (κ1) is 20.7. The Balaban J connectivity index is 1.81. The number of nitriles is 1. The van der Waals surface area contributed by atoms with E-state index in [1.807, 2.05) is 13.0 Å². The van der Waals surface area contributed by atoms with E-state index in [0.29, 0.717) is 36.6 Å². The van der Waals surface area contributed by atoms with Gasteiger partial charge in [0.25, 0.3) is 0 Å². The summed E-state index contributed by atoms with van der Waals surface area (Å²) in [4.78, 5) is 17.5. The quantitative estimate of drug-likeness (QED) is 0.834.